The number of nitrogens with zero attached hydrogens (tertiary/aromatic N) is 2. The van der Waals surface area contributed by atoms with E-state index in [2.05, 4.69) is 21.3 Å². The summed E-state index contributed by atoms with van der Waals surface area (Å²) in [5.41, 5.74) is 2.23. The number of hydrogen-bond donors (Lipinski definition) is 5. The zero-order valence-electron chi connectivity index (χ0n) is 51.0. The highest BCUT2D eigenvalue weighted by atomic mass is 16.6. The third kappa shape index (κ3) is 24.3. The molecular weight excluding hydrogens is 1120 g/mol. The Morgan fingerprint density at radius 3 is 1.07 bits per heavy atom. The number of benzene rings is 6. The van der Waals surface area contributed by atoms with Crippen molar-refractivity contribution in [3.63, 3.8) is 0 Å². The van der Waals surface area contributed by atoms with Gasteiger partial charge < -0.3 is 59.9 Å². The molecule has 6 aromatic carbocycles. The van der Waals surface area contributed by atoms with Gasteiger partial charge in [0.25, 0.3) is 11.8 Å². The number of rotatable bonds is 38. The average Bonchev–Trinajstić information content (AvgIpc) is 3.73. The van der Waals surface area contributed by atoms with Crippen LogP contribution in [0.15, 0.2) is 158 Å². The molecule has 0 aromatic heterocycles. The van der Waals surface area contributed by atoms with Crippen LogP contribution in [0.1, 0.15) is 122 Å². The summed E-state index contributed by atoms with van der Waals surface area (Å²) in [5.74, 6) is -1.47. The lowest BCUT2D eigenvalue weighted by molar-refractivity contribution is -0.174. The number of amides is 6. The Hall–Kier alpha value is -9.23. The van der Waals surface area contributed by atoms with Gasteiger partial charge in [-0.2, -0.15) is 0 Å². The molecule has 6 amide bonds. The Balaban J connectivity index is 0.870. The van der Waals surface area contributed by atoms with Gasteiger partial charge in [-0.05, 0) is 111 Å². The second kappa shape index (κ2) is 36.7. The van der Waals surface area contributed by atoms with Crippen molar-refractivity contribution in [1.29, 1.82) is 0 Å². The summed E-state index contributed by atoms with van der Waals surface area (Å²) in [7, 11) is 0. The first-order valence-corrected chi connectivity index (χ1v) is 30.0. The van der Waals surface area contributed by atoms with Gasteiger partial charge in [-0.1, -0.05) is 121 Å². The van der Waals surface area contributed by atoms with Crippen molar-refractivity contribution in [1.82, 2.24) is 31.1 Å². The Kier molecular flexibility index (Phi) is 28.3. The monoisotopic (exact) mass is 1200 g/mol. The van der Waals surface area contributed by atoms with E-state index in [-0.39, 0.29) is 49.9 Å². The smallest absolute Gasteiger partial charge is 0.339 e. The minimum Gasteiger partial charge on any atom is -0.485 e. The van der Waals surface area contributed by atoms with Crippen LogP contribution >= 0.6 is 0 Å². The van der Waals surface area contributed by atoms with Crippen LogP contribution in [0, 0.1) is 0 Å². The fraction of sp³-hybridized carbons (Fsp3) is 0.377. The van der Waals surface area contributed by atoms with Crippen molar-refractivity contribution in [3.05, 3.63) is 191 Å². The molecule has 468 valence electrons. The molecule has 0 unspecified atom stereocenters. The molecule has 0 aliphatic carbocycles. The molecule has 0 bridgehead atoms. The van der Waals surface area contributed by atoms with Crippen molar-refractivity contribution in [2.45, 2.75) is 117 Å². The molecule has 6 rings (SSSR count). The van der Waals surface area contributed by atoms with E-state index in [1.54, 1.807) is 60.0 Å². The van der Waals surface area contributed by atoms with Crippen LogP contribution in [-0.4, -0.2) is 120 Å². The summed E-state index contributed by atoms with van der Waals surface area (Å²) >= 11 is 0. The van der Waals surface area contributed by atoms with E-state index in [4.69, 9.17) is 23.7 Å². The van der Waals surface area contributed by atoms with Gasteiger partial charge in [-0.15, -0.1) is 0 Å². The minimum absolute atomic E-state index is 0.146. The number of aliphatic hydroxyl groups is 1. The SMILES string of the molecule is CC(=O)N(CCCCNC(=O)CC(O)(CC(=O)NCCCCN(CCCNC(=O)c1ccc(OCc2ccccc2)c(OCc2ccccc2)c1)C(C)=O)C(=O)OC(C)C)CCCNC(=O)c1ccc(OCc2ccccc2)c(OCc2ccccc2)c1. The van der Waals surface area contributed by atoms with Gasteiger partial charge in [0.1, 0.15) is 26.4 Å². The third-order valence-electron chi connectivity index (χ3n) is 14.0. The molecule has 88 heavy (non-hydrogen) atoms. The Labute approximate surface area is 516 Å². The molecule has 0 fully saturated rings. The van der Waals surface area contributed by atoms with Gasteiger partial charge >= 0.3 is 5.97 Å². The number of nitrogens with one attached hydrogen (secondary N) is 4. The van der Waals surface area contributed by atoms with Gasteiger partial charge in [0.05, 0.1) is 18.9 Å². The molecule has 19 heteroatoms. The molecule has 0 saturated heterocycles. The van der Waals surface area contributed by atoms with Crippen LogP contribution in [0.25, 0.3) is 0 Å². The number of hydrogen-bond acceptors (Lipinski definition) is 13. The largest absolute Gasteiger partial charge is 0.485 e. The fourth-order valence-corrected chi connectivity index (χ4v) is 9.20. The second-order valence-corrected chi connectivity index (χ2v) is 21.6. The zero-order chi connectivity index (χ0) is 62.9. The predicted octanol–water partition coefficient (Wildman–Crippen LogP) is 8.90. The number of ether oxygens (including phenoxy) is 5. The molecule has 0 aliphatic rings. The van der Waals surface area contributed by atoms with Crippen molar-refractivity contribution in [2.75, 3.05) is 52.4 Å². The summed E-state index contributed by atoms with van der Waals surface area (Å²) in [6, 6.07) is 49.0. The zero-order valence-corrected chi connectivity index (χ0v) is 51.0. The summed E-state index contributed by atoms with van der Waals surface area (Å²) in [4.78, 5) is 94.5. The van der Waals surface area contributed by atoms with Crippen molar-refractivity contribution >= 4 is 41.4 Å². The van der Waals surface area contributed by atoms with E-state index >= 15 is 0 Å². The van der Waals surface area contributed by atoms with Gasteiger partial charge in [-0.3, -0.25) is 28.8 Å². The van der Waals surface area contributed by atoms with Crippen molar-refractivity contribution < 1.29 is 62.4 Å². The maximum absolute atomic E-state index is 13.3. The Bertz CT molecular complexity index is 2950. The Morgan fingerprint density at radius 1 is 0.420 bits per heavy atom. The molecule has 0 atom stereocenters. The van der Waals surface area contributed by atoms with E-state index in [9.17, 15) is 38.7 Å². The maximum atomic E-state index is 13.3. The summed E-state index contributed by atoms with van der Waals surface area (Å²) < 4.78 is 29.7. The van der Waals surface area contributed by atoms with Crippen LogP contribution in [0.2, 0.25) is 0 Å². The topological polar surface area (TPSA) is 240 Å². The fourth-order valence-electron chi connectivity index (χ4n) is 9.20. The number of carbonyl (C=O) groups excluding carboxylic acids is 7. The molecule has 6 aromatic rings. The first-order chi connectivity index (χ1) is 42.5. The highest BCUT2D eigenvalue weighted by Crippen LogP contribution is 2.32. The predicted molar refractivity (Wildman–Crippen MR) is 334 cm³/mol. The molecule has 19 nitrogen and oxygen atoms in total. The minimum atomic E-state index is -2.45. The highest BCUT2D eigenvalue weighted by Gasteiger charge is 2.42. The maximum Gasteiger partial charge on any atom is 0.339 e. The first-order valence-electron chi connectivity index (χ1n) is 30.0. The van der Waals surface area contributed by atoms with E-state index < -0.39 is 42.3 Å². The van der Waals surface area contributed by atoms with Crippen LogP contribution in [0.5, 0.6) is 23.0 Å². The summed E-state index contributed by atoms with van der Waals surface area (Å²) in [6.07, 6.45) is 0.879. The number of esters is 1. The lowest BCUT2D eigenvalue weighted by Gasteiger charge is -2.26. The molecule has 0 aliphatic heterocycles. The average molecular weight is 1210 g/mol. The lowest BCUT2D eigenvalue weighted by atomic mass is 9.94. The lowest BCUT2D eigenvalue weighted by Crippen LogP contribution is -2.48. The highest BCUT2D eigenvalue weighted by molar-refractivity contribution is 5.96. The summed E-state index contributed by atoms with van der Waals surface area (Å²) in [5, 5.41) is 22.7. The molecule has 0 radical (unpaired) electrons. The Morgan fingerprint density at radius 2 is 0.739 bits per heavy atom. The number of unbranched alkanes of at least 4 members (excludes halogenated alkanes) is 2. The van der Waals surface area contributed by atoms with Gasteiger partial charge in [0.2, 0.25) is 23.6 Å². The quantitative estimate of drug-likeness (QED) is 0.0180. The standard InChI is InChI=1S/C69H84N6O13/c1-51(2)88-68(82)69(83,45-64(78)70-35-17-19-39-74(52(3)76)41-21-37-72-66(80)58-31-33-60(84-47-54-23-9-5-10-24-54)62(43-58)86-49-56-27-13-7-14-28-56)46-65(79)71-36-18-20-40-75(53(4)77)42-22-38-73-67(81)59-32-34-61(85-48-55-25-11-6-12-26-55)63(44-59)87-50-57-29-15-8-16-30-57/h5-16,23-34,43-44,51,83H,17-22,35-42,45-50H2,1-4H3,(H,70,78)(H,71,79)(H,72,80)(H,73,81). The molecule has 0 spiro atoms. The van der Waals surface area contributed by atoms with Crippen LogP contribution < -0.4 is 40.2 Å². The van der Waals surface area contributed by atoms with Crippen LogP contribution in [-0.2, 0) is 55.1 Å². The summed E-state index contributed by atoms with van der Waals surface area (Å²) in [6.45, 7) is 9.82. The van der Waals surface area contributed by atoms with E-state index in [0.717, 1.165) is 22.3 Å². The first kappa shape index (κ1) is 67.9. The molecular formula is C69H84N6O13. The van der Waals surface area contributed by atoms with Crippen molar-refractivity contribution in [2.24, 2.45) is 0 Å². The third-order valence-corrected chi connectivity index (χ3v) is 14.0. The second-order valence-electron chi connectivity index (χ2n) is 21.6. The van der Waals surface area contributed by atoms with Gasteiger partial charge in [-0.25, -0.2) is 4.79 Å². The normalized spacial score (nSPS) is 11.0. The molecule has 5 N–H and O–H groups in total. The van der Waals surface area contributed by atoms with Crippen LogP contribution in [0.4, 0.5) is 0 Å². The van der Waals surface area contributed by atoms with E-state index in [0.29, 0.717) is 125 Å². The molecule has 0 heterocycles. The molecule has 0 saturated carbocycles. The van der Waals surface area contributed by atoms with Crippen LogP contribution in [0.3, 0.4) is 0 Å². The number of carbonyl (C=O) groups is 7. The van der Waals surface area contributed by atoms with Gasteiger partial charge in [0, 0.05) is 77.3 Å². The van der Waals surface area contributed by atoms with Gasteiger partial charge in [0.15, 0.2) is 28.6 Å². The van der Waals surface area contributed by atoms with Crippen molar-refractivity contribution in [3.8, 4) is 23.0 Å². The van der Waals surface area contributed by atoms with E-state index in [1.165, 1.54) is 13.8 Å². The van der Waals surface area contributed by atoms with E-state index in [1.807, 2.05) is 121 Å².